The second-order valence-corrected chi connectivity index (χ2v) is 4.34. The number of tetrazole rings is 1. The molecule has 2 rings (SSSR count). The highest BCUT2D eigenvalue weighted by molar-refractivity contribution is 6.16. The first kappa shape index (κ1) is 15.1. The van der Waals surface area contributed by atoms with Crippen LogP contribution in [-0.2, 0) is 20.8 Å². The zero-order chi connectivity index (χ0) is 16.3. The molecule has 0 aliphatic rings. The van der Waals surface area contributed by atoms with E-state index in [1.807, 2.05) is 0 Å². The molecule has 114 valence electrons. The zero-order valence-electron chi connectivity index (χ0n) is 10.9. The number of aliphatic carboxylic acids is 3. The summed E-state index contributed by atoms with van der Waals surface area (Å²) < 4.78 is 1.09. The predicted octanol–water partition coefficient (Wildman–Crippen LogP) is -0.555. The third-order valence-electron chi connectivity index (χ3n) is 3.05. The number of nitrogens with zero attached hydrogens (tertiary/aromatic N) is 4. The third kappa shape index (κ3) is 2.37. The van der Waals surface area contributed by atoms with Gasteiger partial charge in [-0.3, -0.25) is 14.4 Å². The summed E-state index contributed by atoms with van der Waals surface area (Å²) in [5, 5.41) is 37.8. The van der Waals surface area contributed by atoms with Gasteiger partial charge in [0, 0.05) is 6.42 Å². The van der Waals surface area contributed by atoms with Crippen molar-refractivity contribution in [2.24, 2.45) is 5.41 Å². The maximum Gasteiger partial charge on any atom is 0.333 e. The Balaban J connectivity index is 2.50. The number of carboxylic acid groups (broad SMARTS) is 3. The monoisotopic (exact) mass is 306 g/mol. The molecule has 0 saturated heterocycles. The minimum absolute atomic E-state index is 0.196. The van der Waals surface area contributed by atoms with Crippen molar-refractivity contribution in [1.29, 1.82) is 0 Å². The molecule has 22 heavy (non-hydrogen) atoms. The Morgan fingerprint density at radius 2 is 1.55 bits per heavy atom. The normalized spacial score (nSPS) is 11.1. The number of benzene rings is 1. The van der Waals surface area contributed by atoms with Crippen LogP contribution in [0.2, 0.25) is 0 Å². The number of carboxylic acids is 3. The van der Waals surface area contributed by atoms with E-state index in [0.717, 1.165) is 4.68 Å². The minimum Gasteiger partial charge on any atom is -0.480 e. The van der Waals surface area contributed by atoms with Crippen LogP contribution in [-0.4, -0.2) is 53.4 Å². The van der Waals surface area contributed by atoms with E-state index in [1.165, 1.54) is 0 Å². The van der Waals surface area contributed by atoms with Gasteiger partial charge >= 0.3 is 17.9 Å². The lowest BCUT2D eigenvalue weighted by molar-refractivity contribution is -0.175. The van der Waals surface area contributed by atoms with Crippen LogP contribution in [0.25, 0.3) is 5.69 Å². The highest BCUT2D eigenvalue weighted by Gasteiger charge is 2.55. The second kappa shape index (κ2) is 5.60. The number of aromatic nitrogens is 4. The molecule has 3 N–H and O–H groups in total. The second-order valence-electron chi connectivity index (χ2n) is 4.34. The lowest BCUT2D eigenvalue weighted by Gasteiger charge is -2.19. The SMILES string of the molecule is O=C(O)C(Cc1nnnn1-c1ccccc1)(C(=O)O)C(=O)O. The summed E-state index contributed by atoms with van der Waals surface area (Å²) in [7, 11) is 0. The molecule has 1 aromatic carbocycles. The van der Waals surface area contributed by atoms with E-state index in [0.29, 0.717) is 5.69 Å². The molecule has 0 aliphatic heterocycles. The Kier molecular flexibility index (Phi) is 3.84. The molecular weight excluding hydrogens is 296 g/mol. The minimum atomic E-state index is -3.07. The summed E-state index contributed by atoms with van der Waals surface area (Å²) in [4.78, 5) is 33.7. The summed E-state index contributed by atoms with van der Waals surface area (Å²) >= 11 is 0. The number of carbonyl (C=O) groups is 3. The molecule has 0 amide bonds. The van der Waals surface area contributed by atoms with Crippen LogP contribution in [0.1, 0.15) is 5.82 Å². The van der Waals surface area contributed by atoms with E-state index >= 15 is 0 Å². The Bertz CT molecular complexity index is 690. The van der Waals surface area contributed by atoms with Crippen LogP contribution in [0.5, 0.6) is 0 Å². The Labute approximate surface area is 122 Å². The van der Waals surface area contributed by atoms with Gasteiger partial charge in [-0.1, -0.05) is 18.2 Å². The van der Waals surface area contributed by atoms with E-state index in [1.54, 1.807) is 30.3 Å². The molecule has 0 fully saturated rings. The molecule has 0 atom stereocenters. The Morgan fingerprint density at radius 3 is 2.05 bits per heavy atom. The van der Waals surface area contributed by atoms with Crippen molar-refractivity contribution >= 4 is 17.9 Å². The zero-order valence-corrected chi connectivity index (χ0v) is 10.9. The van der Waals surface area contributed by atoms with Gasteiger partial charge in [-0.15, -0.1) is 5.10 Å². The van der Waals surface area contributed by atoms with Crippen molar-refractivity contribution < 1.29 is 29.7 Å². The molecule has 10 nitrogen and oxygen atoms in total. The topological polar surface area (TPSA) is 156 Å². The van der Waals surface area contributed by atoms with Crippen molar-refractivity contribution in [2.75, 3.05) is 0 Å². The fourth-order valence-corrected chi connectivity index (χ4v) is 1.82. The maximum atomic E-state index is 11.2. The average Bonchev–Trinajstić information content (AvgIpc) is 2.92. The molecule has 0 aliphatic carbocycles. The summed E-state index contributed by atoms with van der Waals surface area (Å²) in [6.45, 7) is 0. The van der Waals surface area contributed by atoms with E-state index in [-0.39, 0.29) is 5.82 Å². The molecule has 1 aromatic heterocycles. The molecular formula is C12H10N4O6. The molecule has 1 heterocycles. The van der Waals surface area contributed by atoms with Gasteiger partial charge in [0.25, 0.3) is 5.41 Å². The van der Waals surface area contributed by atoms with Crippen molar-refractivity contribution in [2.45, 2.75) is 6.42 Å². The lowest BCUT2D eigenvalue weighted by atomic mass is 9.84. The van der Waals surface area contributed by atoms with Crippen LogP contribution in [0, 0.1) is 5.41 Å². The summed E-state index contributed by atoms with van der Waals surface area (Å²) in [5.74, 6) is -6.21. The predicted molar refractivity (Wildman–Crippen MR) is 68.2 cm³/mol. The quantitative estimate of drug-likeness (QED) is 0.595. The van der Waals surface area contributed by atoms with Crippen LogP contribution < -0.4 is 0 Å². The summed E-state index contributed by atoms with van der Waals surface area (Å²) in [5.41, 5.74) is -2.63. The van der Waals surface area contributed by atoms with E-state index in [9.17, 15) is 14.4 Å². The summed E-state index contributed by atoms with van der Waals surface area (Å²) in [6.07, 6.45) is -0.908. The van der Waals surface area contributed by atoms with E-state index < -0.39 is 29.7 Å². The van der Waals surface area contributed by atoms with Gasteiger partial charge in [-0.25, -0.2) is 0 Å². The number of hydrogen-bond donors (Lipinski definition) is 3. The Morgan fingerprint density at radius 1 is 1.00 bits per heavy atom. The van der Waals surface area contributed by atoms with Crippen molar-refractivity contribution in [3.05, 3.63) is 36.2 Å². The highest BCUT2D eigenvalue weighted by atomic mass is 16.4. The fraction of sp³-hybridized carbons (Fsp3) is 0.167. The number of para-hydroxylation sites is 1. The van der Waals surface area contributed by atoms with Gasteiger partial charge in [0.15, 0.2) is 5.82 Å². The molecule has 0 saturated carbocycles. The average molecular weight is 306 g/mol. The van der Waals surface area contributed by atoms with Crippen LogP contribution >= 0.6 is 0 Å². The standard InChI is InChI=1S/C12H10N4O6/c17-9(18)12(10(19)20,11(21)22)6-8-13-14-15-16(8)7-4-2-1-3-5-7/h1-5H,6H2,(H,17,18)(H,19,20)(H,21,22). The smallest absolute Gasteiger partial charge is 0.333 e. The van der Waals surface area contributed by atoms with Crippen molar-refractivity contribution in [1.82, 2.24) is 20.2 Å². The largest absolute Gasteiger partial charge is 0.480 e. The fourth-order valence-electron chi connectivity index (χ4n) is 1.82. The molecule has 2 aromatic rings. The van der Waals surface area contributed by atoms with Crippen LogP contribution in [0.15, 0.2) is 30.3 Å². The lowest BCUT2D eigenvalue weighted by Crippen LogP contribution is -2.48. The number of rotatable bonds is 6. The van der Waals surface area contributed by atoms with E-state index in [4.69, 9.17) is 15.3 Å². The summed E-state index contributed by atoms with van der Waals surface area (Å²) in [6, 6.07) is 8.26. The first-order chi connectivity index (χ1) is 10.4. The van der Waals surface area contributed by atoms with Crippen molar-refractivity contribution in [3.63, 3.8) is 0 Å². The van der Waals surface area contributed by atoms with Crippen LogP contribution in [0.3, 0.4) is 0 Å². The van der Waals surface area contributed by atoms with Gasteiger partial charge in [-0.2, -0.15) is 4.68 Å². The van der Waals surface area contributed by atoms with Gasteiger partial charge in [0.2, 0.25) is 0 Å². The van der Waals surface area contributed by atoms with Crippen molar-refractivity contribution in [3.8, 4) is 5.69 Å². The maximum absolute atomic E-state index is 11.2. The highest BCUT2D eigenvalue weighted by Crippen LogP contribution is 2.25. The van der Waals surface area contributed by atoms with E-state index in [2.05, 4.69) is 15.5 Å². The van der Waals surface area contributed by atoms with Gasteiger partial charge in [0.05, 0.1) is 5.69 Å². The Hall–Kier alpha value is -3.30. The van der Waals surface area contributed by atoms with Gasteiger partial charge in [0.1, 0.15) is 0 Å². The molecule has 0 bridgehead atoms. The van der Waals surface area contributed by atoms with Gasteiger partial charge in [-0.05, 0) is 22.6 Å². The third-order valence-corrected chi connectivity index (χ3v) is 3.05. The number of hydrogen-bond acceptors (Lipinski definition) is 6. The first-order valence-electron chi connectivity index (χ1n) is 5.92. The first-order valence-corrected chi connectivity index (χ1v) is 5.92. The van der Waals surface area contributed by atoms with Crippen LogP contribution in [0.4, 0.5) is 0 Å². The molecule has 0 spiro atoms. The van der Waals surface area contributed by atoms with Gasteiger partial charge < -0.3 is 15.3 Å². The molecule has 0 radical (unpaired) electrons. The molecule has 10 heteroatoms. The molecule has 0 unspecified atom stereocenters.